The molecule has 2 N–H and O–H groups in total. The van der Waals surface area contributed by atoms with Gasteiger partial charge in [-0.2, -0.15) is 4.39 Å². The van der Waals surface area contributed by atoms with E-state index in [1.165, 1.54) is 0 Å². The highest BCUT2D eigenvalue weighted by atomic mass is 19.3. The predicted molar refractivity (Wildman–Crippen MR) is 42.4 cm³/mol. The molecule has 1 rings (SSSR count). The molecule has 3 nitrogen and oxygen atoms in total. The zero-order valence-corrected chi connectivity index (χ0v) is 7.01. The fourth-order valence-electron chi connectivity index (χ4n) is 1.10. The number of carbonyl (C=O) groups excluding carboxylic acids is 1. The van der Waals surface area contributed by atoms with Crippen LogP contribution in [0.5, 0.6) is 0 Å². The summed E-state index contributed by atoms with van der Waals surface area (Å²) in [6, 6.07) is 0. The van der Waals surface area contributed by atoms with Crippen LogP contribution in [-0.2, 0) is 6.54 Å². The fraction of sp³-hybridized carbons (Fsp3) is 0.250. The van der Waals surface area contributed by atoms with Crippen LogP contribution in [0.2, 0.25) is 0 Å². The third-order valence-corrected chi connectivity index (χ3v) is 1.76. The van der Waals surface area contributed by atoms with Crippen molar-refractivity contribution in [3.8, 4) is 0 Å². The summed E-state index contributed by atoms with van der Waals surface area (Å²) in [5, 5.41) is 0. The maximum absolute atomic E-state index is 12.8. The number of pyridine rings is 1. The van der Waals surface area contributed by atoms with Gasteiger partial charge in [-0.25, -0.2) is 13.8 Å². The Morgan fingerprint density at radius 3 is 2.64 bits per heavy atom. The molecule has 1 aromatic heterocycles. The van der Waals surface area contributed by atoms with Crippen LogP contribution < -0.4 is 5.73 Å². The van der Waals surface area contributed by atoms with Crippen LogP contribution in [0.3, 0.4) is 0 Å². The van der Waals surface area contributed by atoms with Crippen molar-refractivity contribution in [2.24, 2.45) is 5.73 Å². The van der Waals surface area contributed by atoms with Crippen LogP contribution in [0, 0.1) is 5.95 Å². The van der Waals surface area contributed by atoms with E-state index in [9.17, 15) is 18.0 Å². The number of alkyl halides is 2. The van der Waals surface area contributed by atoms with E-state index < -0.39 is 17.9 Å². The summed E-state index contributed by atoms with van der Waals surface area (Å²) in [4.78, 5) is 13.5. The largest absolute Gasteiger partial charge is 0.326 e. The van der Waals surface area contributed by atoms with Gasteiger partial charge in [-0.05, 0) is 5.56 Å². The molecule has 0 bridgehead atoms. The maximum atomic E-state index is 12.8. The molecule has 1 aromatic rings. The van der Waals surface area contributed by atoms with Crippen molar-refractivity contribution in [2.45, 2.75) is 13.0 Å². The molecule has 0 unspecified atom stereocenters. The van der Waals surface area contributed by atoms with Gasteiger partial charge in [-0.15, -0.1) is 0 Å². The normalized spacial score (nSPS) is 10.6. The molecule has 0 spiro atoms. The van der Waals surface area contributed by atoms with Crippen molar-refractivity contribution in [2.75, 3.05) is 0 Å². The van der Waals surface area contributed by atoms with Gasteiger partial charge in [-0.1, -0.05) is 0 Å². The zero-order chi connectivity index (χ0) is 10.7. The van der Waals surface area contributed by atoms with E-state index in [4.69, 9.17) is 5.73 Å². The standard InChI is InChI=1S/C8H7F3N2O/c9-7(10)6-5(1-12)4(3-14)2-13-8(6)11/h2-3,7H,1,12H2. The first-order valence-corrected chi connectivity index (χ1v) is 3.72. The van der Waals surface area contributed by atoms with E-state index in [-0.39, 0.29) is 17.7 Å². The number of halogens is 3. The zero-order valence-electron chi connectivity index (χ0n) is 7.01. The van der Waals surface area contributed by atoms with Crippen molar-refractivity contribution in [3.63, 3.8) is 0 Å². The number of aldehydes is 1. The molecule has 1 heterocycles. The molecule has 6 heteroatoms. The second-order valence-electron chi connectivity index (χ2n) is 2.52. The Kier molecular flexibility index (Phi) is 3.19. The molecule has 0 saturated heterocycles. The van der Waals surface area contributed by atoms with Crippen LogP contribution >= 0.6 is 0 Å². The molecule has 0 amide bonds. The minimum Gasteiger partial charge on any atom is -0.326 e. The van der Waals surface area contributed by atoms with E-state index in [2.05, 4.69) is 4.98 Å². The van der Waals surface area contributed by atoms with Gasteiger partial charge in [0.1, 0.15) is 0 Å². The van der Waals surface area contributed by atoms with Gasteiger partial charge in [0.2, 0.25) is 5.95 Å². The lowest BCUT2D eigenvalue weighted by molar-refractivity contribution is 0.112. The van der Waals surface area contributed by atoms with Gasteiger partial charge < -0.3 is 5.73 Å². The lowest BCUT2D eigenvalue weighted by Gasteiger charge is -2.08. The Hall–Kier alpha value is -1.43. The van der Waals surface area contributed by atoms with Crippen LogP contribution in [0.4, 0.5) is 13.2 Å². The number of nitrogens with zero attached hydrogens (tertiary/aromatic N) is 1. The molecule has 0 aliphatic rings. The minimum atomic E-state index is -3.03. The van der Waals surface area contributed by atoms with E-state index in [0.29, 0.717) is 6.29 Å². The minimum absolute atomic E-state index is 0.107. The lowest BCUT2D eigenvalue weighted by Crippen LogP contribution is -2.10. The van der Waals surface area contributed by atoms with Gasteiger partial charge in [0.15, 0.2) is 6.29 Å². The summed E-state index contributed by atoms with van der Waals surface area (Å²) in [5.74, 6) is -1.29. The average Bonchev–Trinajstić information content (AvgIpc) is 2.16. The monoisotopic (exact) mass is 204 g/mol. The molecule has 0 aromatic carbocycles. The van der Waals surface area contributed by atoms with Crippen molar-refractivity contribution < 1.29 is 18.0 Å². The number of hydrogen-bond acceptors (Lipinski definition) is 3. The quantitative estimate of drug-likeness (QED) is 0.598. The van der Waals surface area contributed by atoms with Crippen molar-refractivity contribution in [1.29, 1.82) is 0 Å². The summed E-state index contributed by atoms with van der Waals surface area (Å²) in [6.07, 6.45) is -1.82. The third-order valence-electron chi connectivity index (χ3n) is 1.76. The Labute approximate surface area is 77.7 Å². The first-order chi connectivity index (χ1) is 6.61. The summed E-state index contributed by atoms with van der Waals surface area (Å²) in [6.45, 7) is -0.326. The summed E-state index contributed by atoms with van der Waals surface area (Å²) < 4.78 is 37.5. The molecule has 14 heavy (non-hydrogen) atoms. The van der Waals surface area contributed by atoms with Crippen LogP contribution in [-0.4, -0.2) is 11.3 Å². The predicted octanol–water partition coefficient (Wildman–Crippen LogP) is 1.43. The smallest absolute Gasteiger partial charge is 0.268 e. The van der Waals surface area contributed by atoms with Crippen molar-refractivity contribution in [3.05, 3.63) is 28.8 Å². The highest BCUT2D eigenvalue weighted by Crippen LogP contribution is 2.26. The Morgan fingerprint density at radius 1 is 1.57 bits per heavy atom. The highest BCUT2D eigenvalue weighted by molar-refractivity contribution is 5.77. The second kappa shape index (κ2) is 4.19. The summed E-state index contributed by atoms with van der Waals surface area (Å²) >= 11 is 0. The van der Waals surface area contributed by atoms with Gasteiger partial charge >= 0.3 is 0 Å². The SMILES string of the molecule is NCc1c(C=O)cnc(F)c1C(F)F. The maximum Gasteiger partial charge on any atom is 0.268 e. The lowest BCUT2D eigenvalue weighted by atomic mass is 10.1. The Bertz CT molecular complexity index is 355. The first kappa shape index (κ1) is 10.6. The second-order valence-corrected chi connectivity index (χ2v) is 2.52. The van der Waals surface area contributed by atoms with Crippen molar-refractivity contribution in [1.82, 2.24) is 4.98 Å². The third kappa shape index (κ3) is 1.74. The molecule has 0 radical (unpaired) electrons. The molecule has 0 fully saturated rings. The summed E-state index contributed by atoms with van der Waals surface area (Å²) in [7, 11) is 0. The number of rotatable bonds is 3. The topological polar surface area (TPSA) is 56.0 Å². The number of nitrogens with two attached hydrogens (primary N) is 1. The van der Waals surface area contributed by atoms with Crippen LogP contribution in [0.25, 0.3) is 0 Å². The van der Waals surface area contributed by atoms with E-state index >= 15 is 0 Å². The number of hydrogen-bond donors (Lipinski definition) is 1. The molecular weight excluding hydrogens is 197 g/mol. The molecule has 0 aliphatic carbocycles. The molecule has 0 saturated carbocycles. The van der Waals surface area contributed by atoms with E-state index in [1.54, 1.807) is 0 Å². The molecule has 0 aliphatic heterocycles. The number of aromatic nitrogens is 1. The van der Waals surface area contributed by atoms with Crippen LogP contribution in [0.1, 0.15) is 27.9 Å². The van der Waals surface area contributed by atoms with E-state index in [1.807, 2.05) is 0 Å². The average molecular weight is 204 g/mol. The summed E-state index contributed by atoms with van der Waals surface area (Å²) in [5.41, 5.74) is 3.96. The van der Waals surface area contributed by atoms with Gasteiger partial charge in [0.25, 0.3) is 6.43 Å². The highest BCUT2D eigenvalue weighted by Gasteiger charge is 2.21. The fourth-order valence-corrected chi connectivity index (χ4v) is 1.10. The molecule has 0 atom stereocenters. The Balaban J connectivity index is 3.42. The first-order valence-electron chi connectivity index (χ1n) is 3.72. The van der Waals surface area contributed by atoms with Gasteiger partial charge in [-0.3, -0.25) is 4.79 Å². The molecule has 76 valence electrons. The molecular formula is C8H7F3N2O. The Morgan fingerprint density at radius 2 is 2.21 bits per heavy atom. The number of carbonyl (C=O) groups is 1. The van der Waals surface area contributed by atoms with Gasteiger partial charge in [0.05, 0.1) is 5.56 Å². The van der Waals surface area contributed by atoms with Crippen LogP contribution in [0.15, 0.2) is 6.20 Å². The van der Waals surface area contributed by atoms with Gasteiger partial charge in [0, 0.05) is 18.3 Å². The van der Waals surface area contributed by atoms with Crippen molar-refractivity contribution >= 4 is 6.29 Å². The van der Waals surface area contributed by atoms with E-state index in [0.717, 1.165) is 6.20 Å².